The van der Waals surface area contributed by atoms with Crippen molar-refractivity contribution in [2.75, 3.05) is 6.61 Å². The predicted molar refractivity (Wildman–Crippen MR) is 64.0 cm³/mol. The molecule has 84 valence electrons. The number of hydrogen-bond acceptors (Lipinski definition) is 2. The van der Waals surface area contributed by atoms with Crippen LogP contribution in [-0.4, -0.2) is 17.6 Å². The average molecular weight is 238 g/mol. The Hall–Kier alpha value is -1.48. The van der Waals surface area contributed by atoms with Gasteiger partial charge in [-0.05, 0) is 37.6 Å². The van der Waals surface area contributed by atoms with Gasteiger partial charge in [0.05, 0.1) is 6.61 Å². The van der Waals surface area contributed by atoms with E-state index >= 15 is 0 Å². The van der Waals surface area contributed by atoms with Crippen LogP contribution in [0.5, 0.6) is 0 Å². The van der Waals surface area contributed by atoms with Crippen LogP contribution in [0.25, 0.3) is 10.9 Å². The second-order valence-electron chi connectivity index (χ2n) is 3.59. The molecule has 0 fully saturated rings. The monoisotopic (exact) mass is 237 g/mol. The van der Waals surface area contributed by atoms with E-state index in [2.05, 4.69) is 4.98 Å². The number of rotatable bonds is 2. The van der Waals surface area contributed by atoms with Crippen LogP contribution in [0.1, 0.15) is 23.0 Å². The number of H-pyrrole nitrogens is 1. The van der Waals surface area contributed by atoms with Gasteiger partial charge < -0.3 is 9.72 Å². The minimum Gasteiger partial charge on any atom is -0.461 e. The van der Waals surface area contributed by atoms with Crippen LogP contribution in [0.4, 0.5) is 0 Å². The normalized spacial score (nSPS) is 10.7. The van der Waals surface area contributed by atoms with Gasteiger partial charge >= 0.3 is 5.97 Å². The van der Waals surface area contributed by atoms with Crippen LogP contribution >= 0.6 is 11.6 Å². The lowest BCUT2D eigenvalue weighted by atomic mass is 10.2. The first-order valence-corrected chi connectivity index (χ1v) is 5.45. The highest BCUT2D eigenvalue weighted by molar-refractivity contribution is 6.32. The van der Waals surface area contributed by atoms with Gasteiger partial charge in [-0.1, -0.05) is 11.6 Å². The first-order valence-electron chi connectivity index (χ1n) is 5.08. The molecule has 1 N–H and O–H groups in total. The molecule has 0 bridgehead atoms. The molecule has 3 nitrogen and oxygen atoms in total. The van der Waals surface area contributed by atoms with E-state index in [0.717, 1.165) is 16.5 Å². The van der Waals surface area contributed by atoms with Crippen molar-refractivity contribution in [2.24, 2.45) is 0 Å². The lowest BCUT2D eigenvalue weighted by Crippen LogP contribution is -2.04. The molecular formula is C12H12ClNO2. The summed E-state index contributed by atoms with van der Waals surface area (Å²) in [4.78, 5) is 14.5. The van der Waals surface area contributed by atoms with Gasteiger partial charge in [0, 0.05) is 15.9 Å². The van der Waals surface area contributed by atoms with Crippen LogP contribution < -0.4 is 0 Å². The van der Waals surface area contributed by atoms with Crippen molar-refractivity contribution in [1.29, 1.82) is 0 Å². The van der Waals surface area contributed by atoms with Crippen molar-refractivity contribution < 1.29 is 9.53 Å². The van der Waals surface area contributed by atoms with Gasteiger partial charge in [-0.3, -0.25) is 0 Å². The third-order valence-corrected chi connectivity index (χ3v) is 2.80. The molecule has 2 rings (SSSR count). The summed E-state index contributed by atoms with van der Waals surface area (Å²) in [5, 5.41) is 1.65. The number of benzene rings is 1. The fraction of sp³-hybridized carbons (Fsp3) is 0.250. The Kier molecular flexibility index (Phi) is 2.88. The maximum atomic E-state index is 11.5. The zero-order valence-electron chi connectivity index (χ0n) is 9.13. The topological polar surface area (TPSA) is 42.1 Å². The van der Waals surface area contributed by atoms with E-state index < -0.39 is 0 Å². The molecule has 0 saturated heterocycles. The molecule has 0 saturated carbocycles. The Bertz CT molecular complexity index is 506. The van der Waals surface area contributed by atoms with Crippen LogP contribution in [0.2, 0.25) is 5.02 Å². The standard InChI is InChI=1S/C12H12ClNO2/c1-3-16-12(15)11-5-8-4-7(2)9(13)6-10(8)14-11/h4-6,14H,3H2,1-2H3. The van der Waals surface area contributed by atoms with Crippen molar-refractivity contribution in [3.05, 3.63) is 34.5 Å². The van der Waals surface area contributed by atoms with Crippen LogP contribution in [-0.2, 0) is 4.74 Å². The molecule has 0 spiro atoms. The summed E-state index contributed by atoms with van der Waals surface area (Å²) in [7, 11) is 0. The number of aromatic nitrogens is 1. The van der Waals surface area contributed by atoms with E-state index in [0.29, 0.717) is 17.3 Å². The first kappa shape index (κ1) is 11.0. The number of halogens is 1. The molecule has 0 atom stereocenters. The molecule has 0 amide bonds. The molecule has 1 heterocycles. The van der Waals surface area contributed by atoms with Crippen molar-refractivity contribution in [2.45, 2.75) is 13.8 Å². The number of nitrogens with one attached hydrogen (secondary N) is 1. The van der Waals surface area contributed by atoms with Crippen molar-refractivity contribution in [3.63, 3.8) is 0 Å². The average Bonchev–Trinajstić information content (AvgIpc) is 2.62. The van der Waals surface area contributed by atoms with Gasteiger partial charge in [-0.2, -0.15) is 0 Å². The summed E-state index contributed by atoms with van der Waals surface area (Å²) in [6.07, 6.45) is 0. The van der Waals surface area contributed by atoms with Crippen molar-refractivity contribution >= 4 is 28.5 Å². The Morgan fingerprint density at radius 1 is 1.44 bits per heavy atom. The van der Waals surface area contributed by atoms with Crippen LogP contribution in [0.15, 0.2) is 18.2 Å². The van der Waals surface area contributed by atoms with Gasteiger partial charge in [-0.25, -0.2) is 4.79 Å². The van der Waals surface area contributed by atoms with Gasteiger partial charge in [0.2, 0.25) is 0 Å². The van der Waals surface area contributed by atoms with E-state index in [9.17, 15) is 4.79 Å². The molecule has 16 heavy (non-hydrogen) atoms. The first-order chi connectivity index (χ1) is 7.61. The van der Waals surface area contributed by atoms with Gasteiger partial charge in [0.25, 0.3) is 0 Å². The summed E-state index contributed by atoms with van der Waals surface area (Å²) in [5.74, 6) is -0.340. The highest BCUT2D eigenvalue weighted by Gasteiger charge is 2.10. The van der Waals surface area contributed by atoms with Gasteiger partial charge in [0.15, 0.2) is 0 Å². The molecule has 0 aliphatic carbocycles. The number of fused-ring (bicyclic) bond motifs is 1. The summed E-state index contributed by atoms with van der Waals surface area (Å²) >= 11 is 6.00. The quantitative estimate of drug-likeness (QED) is 0.815. The van der Waals surface area contributed by atoms with Gasteiger partial charge in [0.1, 0.15) is 5.69 Å². The van der Waals surface area contributed by atoms with E-state index in [-0.39, 0.29) is 5.97 Å². The molecule has 0 aliphatic rings. The summed E-state index contributed by atoms with van der Waals surface area (Å²) in [6, 6.07) is 5.53. The smallest absolute Gasteiger partial charge is 0.354 e. The number of carbonyl (C=O) groups excluding carboxylic acids is 1. The molecular weight excluding hydrogens is 226 g/mol. The van der Waals surface area contributed by atoms with Crippen molar-refractivity contribution in [1.82, 2.24) is 4.98 Å². The highest BCUT2D eigenvalue weighted by Crippen LogP contribution is 2.24. The fourth-order valence-corrected chi connectivity index (χ4v) is 1.75. The summed E-state index contributed by atoms with van der Waals surface area (Å²) in [6.45, 7) is 4.08. The summed E-state index contributed by atoms with van der Waals surface area (Å²) in [5.41, 5.74) is 2.29. The minimum absolute atomic E-state index is 0.340. The Labute approximate surface area is 98.4 Å². The summed E-state index contributed by atoms with van der Waals surface area (Å²) < 4.78 is 4.91. The second kappa shape index (κ2) is 4.18. The third kappa shape index (κ3) is 1.91. The van der Waals surface area contributed by atoms with Crippen LogP contribution in [0, 0.1) is 6.92 Å². The molecule has 0 aliphatic heterocycles. The highest BCUT2D eigenvalue weighted by atomic mass is 35.5. The minimum atomic E-state index is -0.340. The molecule has 1 aromatic heterocycles. The maximum Gasteiger partial charge on any atom is 0.354 e. The van der Waals surface area contributed by atoms with E-state index in [1.165, 1.54) is 0 Å². The Balaban J connectivity index is 2.48. The lowest BCUT2D eigenvalue weighted by Gasteiger charge is -1.97. The predicted octanol–water partition coefficient (Wildman–Crippen LogP) is 3.31. The zero-order chi connectivity index (χ0) is 11.7. The lowest BCUT2D eigenvalue weighted by molar-refractivity contribution is 0.0520. The van der Waals surface area contributed by atoms with Gasteiger partial charge in [-0.15, -0.1) is 0 Å². The fourth-order valence-electron chi connectivity index (χ4n) is 1.59. The number of carbonyl (C=O) groups is 1. The van der Waals surface area contributed by atoms with E-state index in [1.807, 2.05) is 19.1 Å². The Morgan fingerprint density at radius 2 is 2.19 bits per heavy atom. The molecule has 0 unspecified atom stereocenters. The number of ether oxygens (including phenoxy) is 1. The number of aryl methyl sites for hydroxylation is 1. The SMILES string of the molecule is CCOC(=O)c1cc2cc(C)c(Cl)cc2[nH]1. The maximum absolute atomic E-state index is 11.5. The van der Waals surface area contributed by atoms with Crippen molar-refractivity contribution in [3.8, 4) is 0 Å². The second-order valence-corrected chi connectivity index (χ2v) is 4.00. The zero-order valence-corrected chi connectivity index (χ0v) is 9.89. The third-order valence-electron chi connectivity index (χ3n) is 2.40. The van der Waals surface area contributed by atoms with Crippen LogP contribution in [0.3, 0.4) is 0 Å². The number of esters is 1. The molecule has 4 heteroatoms. The molecule has 1 aromatic carbocycles. The molecule has 0 radical (unpaired) electrons. The van der Waals surface area contributed by atoms with E-state index in [1.54, 1.807) is 13.0 Å². The largest absolute Gasteiger partial charge is 0.461 e. The Morgan fingerprint density at radius 3 is 2.88 bits per heavy atom. The number of hydrogen-bond donors (Lipinski definition) is 1. The van der Waals surface area contributed by atoms with E-state index in [4.69, 9.17) is 16.3 Å². The number of aromatic amines is 1. The molecule has 2 aromatic rings.